The normalized spacial score (nSPS) is 27.4. The lowest BCUT2D eigenvalue weighted by atomic mass is 9.95. The number of aliphatic hydroxyl groups excluding tert-OH is 1. The van der Waals surface area contributed by atoms with Crippen molar-refractivity contribution in [2.24, 2.45) is 0 Å². The molecule has 4 atom stereocenters. The van der Waals surface area contributed by atoms with E-state index < -0.39 is 24.1 Å². The van der Waals surface area contributed by atoms with Crippen molar-refractivity contribution in [1.29, 1.82) is 0 Å². The smallest absolute Gasteiger partial charge is 0.322 e. The van der Waals surface area contributed by atoms with Gasteiger partial charge in [0.05, 0.1) is 57.6 Å². The van der Waals surface area contributed by atoms with Gasteiger partial charge in [-0.1, -0.05) is 6.07 Å². The maximum absolute atomic E-state index is 13.6. The third-order valence-corrected chi connectivity index (χ3v) is 6.81. The van der Waals surface area contributed by atoms with Gasteiger partial charge in [-0.15, -0.1) is 0 Å². The van der Waals surface area contributed by atoms with Crippen molar-refractivity contribution in [2.75, 3.05) is 64.5 Å². The Morgan fingerprint density at radius 1 is 1.14 bits per heavy atom. The number of hydrogen-bond acceptors (Lipinski definition) is 7. The second-order valence-corrected chi connectivity index (χ2v) is 9.59. The van der Waals surface area contributed by atoms with Crippen molar-refractivity contribution in [1.82, 2.24) is 15.1 Å². The maximum Gasteiger partial charge on any atom is 0.322 e. The van der Waals surface area contributed by atoms with Gasteiger partial charge in [-0.2, -0.15) is 0 Å². The number of amides is 3. The average Bonchev–Trinajstić information content (AvgIpc) is 2.85. The van der Waals surface area contributed by atoms with Crippen LogP contribution in [-0.2, 0) is 19.0 Å². The molecule has 36 heavy (non-hydrogen) atoms. The molecule has 3 fully saturated rings. The monoisotopic (exact) mass is 508 g/mol. The van der Waals surface area contributed by atoms with E-state index in [1.807, 2.05) is 0 Å². The molecule has 0 spiro atoms. The largest absolute Gasteiger partial charge is 0.389 e. The van der Waals surface area contributed by atoms with Gasteiger partial charge in [0.1, 0.15) is 11.9 Å². The highest BCUT2D eigenvalue weighted by molar-refractivity contribution is 5.89. The summed E-state index contributed by atoms with van der Waals surface area (Å²) in [6.45, 7) is 5.30. The van der Waals surface area contributed by atoms with E-state index in [1.165, 1.54) is 18.2 Å². The van der Waals surface area contributed by atoms with Crippen LogP contribution in [0.25, 0.3) is 0 Å². The van der Waals surface area contributed by atoms with Crippen LogP contribution in [0.3, 0.4) is 0 Å². The van der Waals surface area contributed by atoms with Gasteiger partial charge < -0.3 is 34.9 Å². The van der Waals surface area contributed by atoms with Crippen molar-refractivity contribution in [3.05, 3.63) is 30.1 Å². The minimum Gasteiger partial charge on any atom is -0.389 e. The minimum absolute atomic E-state index is 0.0525. The zero-order valence-electron chi connectivity index (χ0n) is 20.6. The summed E-state index contributed by atoms with van der Waals surface area (Å²) < 4.78 is 30.7. The fourth-order valence-corrected chi connectivity index (χ4v) is 4.97. The maximum atomic E-state index is 13.6. The third-order valence-electron chi connectivity index (χ3n) is 6.81. The van der Waals surface area contributed by atoms with E-state index in [-0.39, 0.29) is 44.2 Å². The lowest BCUT2D eigenvalue weighted by Crippen LogP contribution is -2.58. The van der Waals surface area contributed by atoms with Crippen molar-refractivity contribution in [3.8, 4) is 0 Å². The molecule has 3 heterocycles. The second-order valence-electron chi connectivity index (χ2n) is 9.59. The molecule has 0 aromatic heterocycles. The van der Waals surface area contributed by atoms with Crippen molar-refractivity contribution in [3.63, 3.8) is 0 Å². The molecule has 0 radical (unpaired) electrons. The Morgan fingerprint density at radius 3 is 2.78 bits per heavy atom. The van der Waals surface area contributed by atoms with E-state index in [2.05, 4.69) is 15.5 Å². The first-order chi connectivity index (χ1) is 17.5. The first-order valence-corrected chi connectivity index (χ1v) is 12.8. The molecule has 1 aromatic carbocycles. The van der Waals surface area contributed by atoms with Gasteiger partial charge in [0.25, 0.3) is 0 Å². The Balaban J connectivity index is 1.27. The highest BCUT2D eigenvalue weighted by atomic mass is 19.1. The Labute approximate surface area is 211 Å². The second kappa shape index (κ2) is 13.3. The van der Waals surface area contributed by atoms with Crippen LogP contribution in [0.15, 0.2) is 24.3 Å². The zero-order valence-corrected chi connectivity index (χ0v) is 20.6. The molecule has 0 unspecified atom stereocenters. The summed E-state index contributed by atoms with van der Waals surface area (Å²) in [5.41, 5.74) is 0.337. The third kappa shape index (κ3) is 7.84. The zero-order chi connectivity index (χ0) is 25.3. The summed E-state index contributed by atoms with van der Waals surface area (Å²) in [7, 11) is 0. The number of aliphatic hydroxyl groups is 1. The molecule has 3 amide bonds. The van der Waals surface area contributed by atoms with Gasteiger partial charge in [-0.3, -0.25) is 9.69 Å². The number of urea groups is 1. The summed E-state index contributed by atoms with van der Waals surface area (Å²) in [5.74, 6) is -0.502. The number of benzene rings is 1. The molecule has 200 valence electrons. The topological polar surface area (TPSA) is 113 Å². The van der Waals surface area contributed by atoms with Crippen molar-refractivity contribution in [2.45, 2.75) is 50.0 Å². The quantitative estimate of drug-likeness (QED) is 0.475. The van der Waals surface area contributed by atoms with E-state index in [0.717, 1.165) is 39.3 Å². The molecule has 3 aliphatic heterocycles. The summed E-state index contributed by atoms with van der Waals surface area (Å²) in [4.78, 5) is 29.5. The Morgan fingerprint density at radius 2 is 1.97 bits per heavy atom. The number of fused-ring (bicyclic) bond motifs is 1. The van der Waals surface area contributed by atoms with Crippen LogP contribution < -0.4 is 10.6 Å². The number of nitrogens with one attached hydrogen (secondary N) is 2. The van der Waals surface area contributed by atoms with Crippen LogP contribution in [0, 0.1) is 5.82 Å². The number of rotatable bonds is 7. The van der Waals surface area contributed by atoms with Crippen molar-refractivity contribution < 1.29 is 33.3 Å². The van der Waals surface area contributed by atoms with Crippen LogP contribution in [0.1, 0.15) is 25.7 Å². The summed E-state index contributed by atoms with van der Waals surface area (Å²) in [5, 5.41) is 16.0. The highest BCUT2D eigenvalue weighted by Crippen LogP contribution is 2.28. The lowest BCUT2D eigenvalue weighted by Gasteiger charge is -2.44. The van der Waals surface area contributed by atoms with Gasteiger partial charge >= 0.3 is 6.03 Å². The SMILES string of the molecule is O=C(C[C@@H]1CC[C@@H]2[C@H](COC[C@H](O)CN2C(=O)Nc2cccc(F)c2)O1)NCCCN1CCOCC1. The van der Waals surface area contributed by atoms with E-state index >= 15 is 0 Å². The molecule has 1 aromatic rings. The summed E-state index contributed by atoms with van der Waals surface area (Å²) >= 11 is 0. The fourth-order valence-electron chi connectivity index (χ4n) is 4.97. The lowest BCUT2D eigenvalue weighted by molar-refractivity contribution is -0.149. The average molecular weight is 509 g/mol. The first kappa shape index (κ1) is 26.7. The molecule has 4 rings (SSSR count). The predicted molar refractivity (Wildman–Crippen MR) is 130 cm³/mol. The van der Waals surface area contributed by atoms with Crippen LogP contribution in [0.5, 0.6) is 0 Å². The molecule has 3 N–H and O–H groups in total. The number of β-amino-alcohol motifs (C(OH)–C–C–N with tert-alkyl or cyclic N) is 1. The van der Waals surface area contributed by atoms with Crippen LogP contribution in [-0.4, -0.2) is 110 Å². The fraction of sp³-hybridized carbons (Fsp3) is 0.680. The van der Waals surface area contributed by atoms with E-state index in [1.54, 1.807) is 11.0 Å². The standard InChI is InChI=1S/C25H37FN4O6/c26-18-3-1-4-19(13-18)28-25(33)30-15-20(31)16-35-17-23-22(30)6-5-21(36-23)14-24(32)27-7-2-8-29-9-11-34-12-10-29/h1,3-4,13,20-23,31H,2,5-12,14-17H2,(H,27,32)(H,28,33)/t20-,21+,22-,23+/m1/s1. The number of nitrogens with zero attached hydrogens (tertiary/aromatic N) is 2. The molecule has 3 aliphatic rings. The first-order valence-electron chi connectivity index (χ1n) is 12.8. The molecule has 11 heteroatoms. The predicted octanol–water partition coefficient (Wildman–Crippen LogP) is 1.20. The number of ether oxygens (including phenoxy) is 3. The molecule has 0 saturated carbocycles. The minimum atomic E-state index is -0.842. The van der Waals surface area contributed by atoms with E-state index in [9.17, 15) is 19.1 Å². The van der Waals surface area contributed by atoms with E-state index in [4.69, 9.17) is 14.2 Å². The number of hydrogen-bond donors (Lipinski definition) is 3. The van der Waals surface area contributed by atoms with Gasteiger partial charge in [-0.05, 0) is 44.0 Å². The van der Waals surface area contributed by atoms with Crippen LogP contribution >= 0.6 is 0 Å². The van der Waals surface area contributed by atoms with Gasteiger partial charge in [0, 0.05) is 25.3 Å². The number of halogens is 1. The van der Waals surface area contributed by atoms with Crippen LogP contribution in [0.2, 0.25) is 0 Å². The molecule has 0 aliphatic carbocycles. The van der Waals surface area contributed by atoms with Gasteiger partial charge in [-0.25, -0.2) is 9.18 Å². The molecule has 3 saturated heterocycles. The highest BCUT2D eigenvalue weighted by Gasteiger charge is 2.40. The summed E-state index contributed by atoms with van der Waals surface area (Å²) in [6, 6.07) is 4.91. The van der Waals surface area contributed by atoms with Gasteiger partial charge in [0.15, 0.2) is 0 Å². The van der Waals surface area contributed by atoms with Crippen molar-refractivity contribution >= 4 is 17.6 Å². The molecular formula is C25H37FN4O6. The van der Waals surface area contributed by atoms with Crippen LogP contribution in [0.4, 0.5) is 14.9 Å². The molecule has 10 nitrogen and oxygen atoms in total. The Kier molecular flexibility index (Phi) is 9.88. The number of carbonyl (C=O) groups excluding carboxylic acids is 2. The summed E-state index contributed by atoms with van der Waals surface area (Å²) in [6.07, 6.45) is 0.793. The Bertz CT molecular complexity index is 871. The number of carbonyl (C=O) groups is 2. The van der Waals surface area contributed by atoms with Gasteiger partial charge in [0.2, 0.25) is 5.91 Å². The molecular weight excluding hydrogens is 471 g/mol. The number of anilines is 1. The van der Waals surface area contributed by atoms with E-state index in [0.29, 0.717) is 25.1 Å². The molecule has 0 bridgehead atoms. The number of morpholine rings is 1. The Hall–Kier alpha value is -2.31.